The normalized spacial score (nSPS) is 24.6. The molecule has 0 aliphatic carbocycles. The molecular formula is C17H26N2O2. The van der Waals surface area contributed by atoms with Crippen molar-refractivity contribution < 1.29 is 9.53 Å². The van der Waals surface area contributed by atoms with Crippen molar-refractivity contribution in [3.63, 3.8) is 0 Å². The Balaban J connectivity index is 1.95. The summed E-state index contributed by atoms with van der Waals surface area (Å²) in [7, 11) is 0. The maximum Gasteiger partial charge on any atom is 0.241 e. The van der Waals surface area contributed by atoms with E-state index in [4.69, 9.17) is 4.74 Å². The minimum atomic E-state index is -0.148. The Hall–Kier alpha value is -1.39. The second-order valence-corrected chi connectivity index (χ2v) is 5.93. The summed E-state index contributed by atoms with van der Waals surface area (Å²) in [5.74, 6) is 0.0422. The summed E-state index contributed by atoms with van der Waals surface area (Å²) in [4.78, 5) is 14.6. The van der Waals surface area contributed by atoms with E-state index in [-0.39, 0.29) is 24.2 Å². The van der Waals surface area contributed by atoms with Crippen LogP contribution in [0.5, 0.6) is 0 Å². The van der Waals surface area contributed by atoms with Gasteiger partial charge in [0.2, 0.25) is 5.91 Å². The van der Waals surface area contributed by atoms with Gasteiger partial charge < -0.3 is 10.1 Å². The van der Waals surface area contributed by atoms with Crippen molar-refractivity contribution in [3.8, 4) is 0 Å². The van der Waals surface area contributed by atoms with Crippen molar-refractivity contribution in [1.82, 2.24) is 4.90 Å². The van der Waals surface area contributed by atoms with Crippen LogP contribution in [0.2, 0.25) is 0 Å². The molecule has 4 heteroatoms. The molecule has 1 aliphatic rings. The molecule has 1 aromatic carbocycles. The van der Waals surface area contributed by atoms with E-state index in [1.807, 2.05) is 19.1 Å². The van der Waals surface area contributed by atoms with Crippen LogP contribution in [0.1, 0.15) is 33.3 Å². The van der Waals surface area contributed by atoms with Crippen molar-refractivity contribution in [2.45, 2.75) is 52.4 Å². The molecule has 116 valence electrons. The first-order valence-electron chi connectivity index (χ1n) is 7.79. The van der Waals surface area contributed by atoms with Crippen LogP contribution in [0.15, 0.2) is 24.3 Å². The third-order valence-corrected chi connectivity index (χ3v) is 4.00. The van der Waals surface area contributed by atoms with Gasteiger partial charge in [-0.25, -0.2) is 0 Å². The van der Waals surface area contributed by atoms with Gasteiger partial charge in [-0.2, -0.15) is 0 Å². The van der Waals surface area contributed by atoms with E-state index >= 15 is 0 Å². The first-order valence-corrected chi connectivity index (χ1v) is 7.79. The fourth-order valence-electron chi connectivity index (χ4n) is 2.77. The lowest BCUT2D eigenvalue weighted by molar-refractivity contribution is -0.126. The fourth-order valence-corrected chi connectivity index (χ4v) is 2.77. The highest BCUT2D eigenvalue weighted by molar-refractivity contribution is 5.94. The summed E-state index contributed by atoms with van der Waals surface area (Å²) in [6, 6.07) is 7.89. The van der Waals surface area contributed by atoms with Crippen LogP contribution >= 0.6 is 0 Å². The SMILES string of the molecule is CCc1ccc(NC(=O)[C@@H](C)N2C[C@@H](C)O[C@@H](C)C2)cc1. The highest BCUT2D eigenvalue weighted by Crippen LogP contribution is 2.16. The summed E-state index contributed by atoms with van der Waals surface area (Å²) in [6.07, 6.45) is 1.36. The molecule has 0 aromatic heterocycles. The van der Waals surface area contributed by atoms with Gasteiger partial charge in [0.05, 0.1) is 18.2 Å². The van der Waals surface area contributed by atoms with Gasteiger partial charge >= 0.3 is 0 Å². The zero-order valence-corrected chi connectivity index (χ0v) is 13.4. The number of nitrogens with zero attached hydrogens (tertiary/aromatic N) is 1. The van der Waals surface area contributed by atoms with Gasteiger partial charge in [-0.3, -0.25) is 9.69 Å². The number of nitrogens with one attached hydrogen (secondary N) is 1. The minimum Gasteiger partial charge on any atom is -0.373 e. The van der Waals surface area contributed by atoms with E-state index in [0.717, 1.165) is 25.2 Å². The quantitative estimate of drug-likeness (QED) is 0.927. The molecule has 1 amide bonds. The van der Waals surface area contributed by atoms with Gasteiger partial charge in [0.1, 0.15) is 0 Å². The van der Waals surface area contributed by atoms with Crippen LogP contribution in [0.4, 0.5) is 5.69 Å². The fraction of sp³-hybridized carbons (Fsp3) is 0.588. The average Bonchev–Trinajstić information content (AvgIpc) is 2.46. The lowest BCUT2D eigenvalue weighted by Gasteiger charge is -2.38. The molecule has 0 spiro atoms. The van der Waals surface area contributed by atoms with Gasteiger partial charge in [0.15, 0.2) is 0 Å². The van der Waals surface area contributed by atoms with Crippen LogP contribution in [-0.4, -0.2) is 42.1 Å². The smallest absolute Gasteiger partial charge is 0.241 e. The Morgan fingerprint density at radius 3 is 2.38 bits per heavy atom. The largest absolute Gasteiger partial charge is 0.373 e. The lowest BCUT2D eigenvalue weighted by Crippen LogP contribution is -2.52. The number of ether oxygens (including phenoxy) is 1. The van der Waals surface area contributed by atoms with E-state index in [1.165, 1.54) is 5.56 Å². The Bertz CT molecular complexity index is 462. The zero-order valence-electron chi connectivity index (χ0n) is 13.4. The van der Waals surface area contributed by atoms with E-state index in [2.05, 4.69) is 43.1 Å². The van der Waals surface area contributed by atoms with Gasteiger partial charge in [-0.05, 0) is 44.9 Å². The molecule has 1 aromatic rings. The summed E-state index contributed by atoms with van der Waals surface area (Å²) in [5.41, 5.74) is 2.13. The third-order valence-electron chi connectivity index (χ3n) is 4.00. The monoisotopic (exact) mass is 290 g/mol. The minimum absolute atomic E-state index is 0.0422. The van der Waals surface area contributed by atoms with E-state index in [1.54, 1.807) is 0 Å². The summed E-state index contributed by atoms with van der Waals surface area (Å²) in [6.45, 7) is 9.78. The summed E-state index contributed by atoms with van der Waals surface area (Å²) >= 11 is 0. The summed E-state index contributed by atoms with van der Waals surface area (Å²) < 4.78 is 5.72. The van der Waals surface area contributed by atoms with Crippen molar-refractivity contribution in [3.05, 3.63) is 29.8 Å². The molecule has 1 saturated heterocycles. The van der Waals surface area contributed by atoms with Crippen molar-refractivity contribution in [2.24, 2.45) is 0 Å². The van der Waals surface area contributed by atoms with E-state index < -0.39 is 0 Å². The molecule has 1 N–H and O–H groups in total. The molecule has 4 nitrogen and oxygen atoms in total. The number of benzene rings is 1. The standard InChI is InChI=1S/C17H26N2O2/c1-5-15-6-8-16(9-7-15)18-17(20)14(4)19-10-12(2)21-13(3)11-19/h6-9,12-14H,5,10-11H2,1-4H3,(H,18,20)/t12-,13+,14-/m1/s1. The summed E-state index contributed by atoms with van der Waals surface area (Å²) in [5, 5.41) is 3.00. The number of hydrogen-bond acceptors (Lipinski definition) is 3. The number of morpholine rings is 1. The topological polar surface area (TPSA) is 41.6 Å². The molecule has 0 bridgehead atoms. The van der Waals surface area contributed by atoms with E-state index in [9.17, 15) is 4.79 Å². The zero-order chi connectivity index (χ0) is 15.4. The molecule has 0 unspecified atom stereocenters. The van der Waals surface area contributed by atoms with Gasteiger partial charge in [0, 0.05) is 18.8 Å². The number of aryl methyl sites for hydroxylation is 1. The van der Waals surface area contributed by atoms with E-state index in [0.29, 0.717) is 0 Å². The third kappa shape index (κ3) is 4.29. The Labute approximate surface area is 127 Å². The number of carbonyl (C=O) groups excluding carboxylic acids is 1. The number of anilines is 1. The van der Waals surface area contributed by atoms with Crippen molar-refractivity contribution >= 4 is 11.6 Å². The number of amides is 1. The molecule has 1 aliphatic heterocycles. The van der Waals surface area contributed by atoms with Crippen LogP contribution in [0.25, 0.3) is 0 Å². The van der Waals surface area contributed by atoms with Crippen LogP contribution < -0.4 is 5.32 Å². The Morgan fingerprint density at radius 2 is 1.86 bits per heavy atom. The van der Waals surface area contributed by atoms with Crippen LogP contribution in [0.3, 0.4) is 0 Å². The van der Waals surface area contributed by atoms with Crippen molar-refractivity contribution in [1.29, 1.82) is 0 Å². The van der Waals surface area contributed by atoms with Gasteiger partial charge in [-0.15, -0.1) is 0 Å². The molecule has 1 heterocycles. The molecule has 3 atom stereocenters. The molecule has 0 saturated carbocycles. The second-order valence-electron chi connectivity index (χ2n) is 5.93. The first-order chi connectivity index (χ1) is 9.99. The van der Waals surface area contributed by atoms with Crippen LogP contribution in [0, 0.1) is 0 Å². The first kappa shape index (κ1) is 16.0. The Morgan fingerprint density at radius 1 is 1.29 bits per heavy atom. The maximum atomic E-state index is 12.4. The van der Waals surface area contributed by atoms with Crippen LogP contribution in [-0.2, 0) is 16.0 Å². The molecular weight excluding hydrogens is 264 g/mol. The molecule has 21 heavy (non-hydrogen) atoms. The second kappa shape index (κ2) is 7.05. The molecule has 2 rings (SSSR count). The maximum absolute atomic E-state index is 12.4. The van der Waals surface area contributed by atoms with Gasteiger partial charge in [-0.1, -0.05) is 19.1 Å². The number of carbonyl (C=O) groups is 1. The number of hydrogen-bond donors (Lipinski definition) is 1. The highest BCUT2D eigenvalue weighted by atomic mass is 16.5. The average molecular weight is 290 g/mol. The highest BCUT2D eigenvalue weighted by Gasteiger charge is 2.29. The molecule has 0 radical (unpaired) electrons. The van der Waals surface area contributed by atoms with Crippen molar-refractivity contribution in [2.75, 3.05) is 18.4 Å². The predicted octanol–water partition coefficient (Wildman–Crippen LogP) is 2.69. The Kier molecular flexibility index (Phi) is 5.37. The van der Waals surface area contributed by atoms with Gasteiger partial charge in [0.25, 0.3) is 0 Å². The molecule has 1 fully saturated rings. The lowest BCUT2D eigenvalue weighted by atomic mass is 10.1. The number of rotatable bonds is 4. The predicted molar refractivity (Wildman–Crippen MR) is 85.5 cm³/mol.